The van der Waals surface area contributed by atoms with Gasteiger partial charge in [-0.1, -0.05) is 0 Å². The summed E-state index contributed by atoms with van der Waals surface area (Å²) in [4.78, 5) is 10.2. The molecule has 0 amide bonds. The number of hydrogen-bond acceptors (Lipinski definition) is 2. The second-order valence-electron chi connectivity index (χ2n) is 2.29. The van der Waals surface area contributed by atoms with Crippen molar-refractivity contribution in [2.75, 3.05) is 0 Å². The van der Waals surface area contributed by atoms with Gasteiger partial charge in [0.15, 0.2) is 12.0 Å². The third-order valence-electron chi connectivity index (χ3n) is 1.40. The largest absolute Gasteiger partial charge is 0.367 e. The predicted octanol–water partition coefficient (Wildman–Crippen LogP) is 1.66. The standard InChI is InChI=1S/C6H4ClF3N2O/c1-12-5(8)3(2-13)4(11-12)6(7,9)10/h2H,1H3. The smallest absolute Gasteiger partial charge is 0.298 e. The van der Waals surface area contributed by atoms with Crippen LogP contribution in [0.2, 0.25) is 0 Å². The lowest BCUT2D eigenvalue weighted by molar-refractivity contribution is 0.0866. The third kappa shape index (κ3) is 1.67. The molecule has 7 heteroatoms. The maximum Gasteiger partial charge on any atom is 0.367 e. The topological polar surface area (TPSA) is 34.9 Å². The van der Waals surface area contributed by atoms with Gasteiger partial charge >= 0.3 is 5.38 Å². The molecular weight excluding hydrogens is 209 g/mol. The van der Waals surface area contributed by atoms with E-state index in [-0.39, 0.29) is 6.29 Å². The zero-order valence-electron chi connectivity index (χ0n) is 6.39. The van der Waals surface area contributed by atoms with E-state index in [1.807, 2.05) is 0 Å². The number of carbonyl (C=O) groups is 1. The van der Waals surface area contributed by atoms with Gasteiger partial charge in [-0.3, -0.25) is 4.79 Å². The van der Waals surface area contributed by atoms with Crippen LogP contribution in [0.4, 0.5) is 13.2 Å². The second kappa shape index (κ2) is 3.02. The summed E-state index contributed by atoms with van der Waals surface area (Å²) in [5.74, 6) is -1.13. The van der Waals surface area contributed by atoms with E-state index in [9.17, 15) is 18.0 Å². The van der Waals surface area contributed by atoms with E-state index in [0.717, 1.165) is 7.05 Å². The van der Waals surface area contributed by atoms with Crippen LogP contribution in [0, 0.1) is 5.95 Å². The first-order valence-electron chi connectivity index (χ1n) is 3.12. The molecule has 0 aliphatic heterocycles. The van der Waals surface area contributed by atoms with Crippen LogP contribution in [-0.2, 0) is 12.4 Å². The van der Waals surface area contributed by atoms with Crippen LogP contribution >= 0.6 is 11.6 Å². The number of aryl methyl sites for hydroxylation is 1. The highest BCUT2D eigenvalue weighted by molar-refractivity contribution is 6.22. The lowest BCUT2D eigenvalue weighted by atomic mass is 10.3. The number of rotatable bonds is 2. The van der Waals surface area contributed by atoms with Crippen molar-refractivity contribution in [3.8, 4) is 0 Å². The van der Waals surface area contributed by atoms with Crippen LogP contribution in [-0.4, -0.2) is 16.1 Å². The number of carbonyl (C=O) groups excluding carboxylic acids is 1. The maximum atomic E-state index is 12.8. The first kappa shape index (κ1) is 10.0. The Kier molecular flexibility index (Phi) is 2.34. The molecule has 0 aliphatic carbocycles. The van der Waals surface area contributed by atoms with E-state index in [1.54, 1.807) is 0 Å². The zero-order valence-corrected chi connectivity index (χ0v) is 7.15. The minimum atomic E-state index is -3.83. The van der Waals surface area contributed by atoms with Crippen LogP contribution in [0.1, 0.15) is 16.1 Å². The number of aromatic nitrogens is 2. The Morgan fingerprint density at radius 3 is 2.46 bits per heavy atom. The molecule has 1 heterocycles. The summed E-state index contributed by atoms with van der Waals surface area (Å²) >= 11 is 4.59. The minimum absolute atomic E-state index is 0.0477. The van der Waals surface area contributed by atoms with Crippen molar-refractivity contribution >= 4 is 17.9 Å². The molecule has 0 atom stereocenters. The number of nitrogens with zero attached hydrogens (tertiary/aromatic N) is 2. The van der Waals surface area contributed by atoms with Gasteiger partial charge in [0, 0.05) is 7.05 Å². The molecule has 0 saturated carbocycles. The van der Waals surface area contributed by atoms with Gasteiger partial charge in [0.1, 0.15) is 0 Å². The molecular formula is C6H4ClF3N2O. The molecule has 0 aliphatic rings. The van der Waals surface area contributed by atoms with Gasteiger partial charge in [0.05, 0.1) is 5.56 Å². The highest BCUT2D eigenvalue weighted by atomic mass is 35.5. The normalized spacial score (nSPS) is 11.8. The van der Waals surface area contributed by atoms with Gasteiger partial charge in [-0.2, -0.15) is 18.3 Å². The Morgan fingerprint density at radius 1 is 1.62 bits per heavy atom. The molecule has 0 saturated heterocycles. The quantitative estimate of drug-likeness (QED) is 0.552. The Labute approximate surface area is 76.1 Å². The first-order chi connectivity index (χ1) is 5.88. The number of alkyl halides is 3. The summed E-state index contributed by atoms with van der Waals surface area (Å²) in [5.41, 5.74) is -1.88. The number of halogens is 4. The number of aldehydes is 1. The van der Waals surface area contributed by atoms with Gasteiger partial charge in [-0.05, 0) is 11.6 Å². The fourth-order valence-corrected chi connectivity index (χ4v) is 0.973. The van der Waals surface area contributed by atoms with Crippen molar-refractivity contribution < 1.29 is 18.0 Å². The summed E-state index contributed by atoms with van der Waals surface area (Å²) in [5, 5.41) is -0.754. The average molecular weight is 213 g/mol. The van der Waals surface area contributed by atoms with E-state index >= 15 is 0 Å². The van der Waals surface area contributed by atoms with Crippen molar-refractivity contribution in [3.63, 3.8) is 0 Å². The predicted molar refractivity (Wildman–Crippen MR) is 38.3 cm³/mol. The van der Waals surface area contributed by atoms with Gasteiger partial charge in [0.25, 0.3) is 0 Å². The number of hydrogen-bond donors (Lipinski definition) is 0. The highest BCUT2D eigenvalue weighted by Crippen LogP contribution is 2.33. The average Bonchev–Trinajstić information content (AvgIpc) is 2.28. The fraction of sp³-hybridized carbons (Fsp3) is 0.333. The van der Waals surface area contributed by atoms with Crippen LogP contribution in [0.25, 0.3) is 0 Å². The van der Waals surface area contributed by atoms with Crippen LogP contribution < -0.4 is 0 Å². The van der Waals surface area contributed by atoms with Crippen molar-refractivity contribution in [2.24, 2.45) is 7.05 Å². The van der Waals surface area contributed by atoms with Gasteiger partial charge in [0.2, 0.25) is 5.95 Å². The first-order valence-corrected chi connectivity index (χ1v) is 3.50. The monoisotopic (exact) mass is 212 g/mol. The van der Waals surface area contributed by atoms with Gasteiger partial charge in [-0.25, -0.2) is 4.68 Å². The lowest BCUT2D eigenvalue weighted by Crippen LogP contribution is -2.07. The minimum Gasteiger partial charge on any atom is -0.298 e. The summed E-state index contributed by atoms with van der Waals surface area (Å²) in [7, 11) is 1.09. The van der Waals surface area contributed by atoms with Crippen molar-refractivity contribution in [3.05, 3.63) is 17.2 Å². The zero-order chi connectivity index (χ0) is 10.2. The Balaban J connectivity index is 3.38. The molecule has 72 valence electrons. The molecule has 1 aromatic heterocycles. The summed E-state index contributed by atoms with van der Waals surface area (Å²) in [6.45, 7) is 0. The molecule has 0 N–H and O–H groups in total. The molecule has 0 fully saturated rings. The Bertz CT molecular complexity index is 344. The van der Waals surface area contributed by atoms with E-state index in [2.05, 4.69) is 16.7 Å². The van der Waals surface area contributed by atoms with Crippen LogP contribution in [0.15, 0.2) is 0 Å². The summed E-state index contributed by atoms with van der Waals surface area (Å²) < 4.78 is 38.3. The Morgan fingerprint density at radius 2 is 2.15 bits per heavy atom. The van der Waals surface area contributed by atoms with Crippen molar-refractivity contribution in [1.29, 1.82) is 0 Å². The van der Waals surface area contributed by atoms with E-state index in [0.29, 0.717) is 4.68 Å². The lowest BCUT2D eigenvalue weighted by Gasteiger charge is -2.02. The Hall–Kier alpha value is -1.04. The molecule has 1 aromatic rings. The van der Waals surface area contributed by atoms with Crippen LogP contribution in [0.3, 0.4) is 0 Å². The second-order valence-corrected chi connectivity index (χ2v) is 2.77. The molecule has 0 bridgehead atoms. The SMILES string of the molecule is Cn1nc(C(F)(F)Cl)c(C=O)c1F. The van der Waals surface area contributed by atoms with E-state index < -0.39 is 22.6 Å². The third-order valence-corrected chi connectivity index (χ3v) is 1.58. The van der Waals surface area contributed by atoms with Crippen molar-refractivity contribution in [1.82, 2.24) is 9.78 Å². The van der Waals surface area contributed by atoms with E-state index in [4.69, 9.17) is 0 Å². The van der Waals surface area contributed by atoms with Crippen molar-refractivity contribution in [2.45, 2.75) is 5.38 Å². The fourth-order valence-electron chi connectivity index (χ4n) is 0.834. The van der Waals surface area contributed by atoms with Gasteiger partial charge in [-0.15, -0.1) is 0 Å². The molecule has 0 spiro atoms. The maximum absolute atomic E-state index is 12.8. The van der Waals surface area contributed by atoms with Crippen LogP contribution in [0.5, 0.6) is 0 Å². The molecule has 0 radical (unpaired) electrons. The van der Waals surface area contributed by atoms with E-state index in [1.165, 1.54) is 0 Å². The molecule has 0 unspecified atom stereocenters. The summed E-state index contributed by atoms with van der Waals surface area (Å²) in [6, 6.07) is 0. The molecule has 1 rings (SSSR count). The molecule has 3 nitrogen and oxygen atoms in total. The molecule has 13 heavy (non-hydrogen) atoms. The molecule has 0 aromatic carbocycles. The van der Waals surface area contributed by atoms with Gasteiger partial charge < -0.3 is 0 Å². The highest BCUT2D eigenvalue weighted by Gasteiger charge is 2.36. The summed E-state index contributed by atoms with van der Waals surface area (Å²) in [6.07, 6.45) is -0.0477.